The Morgan fingerprint density at radius 1 is 1.17 bits per heavy atom. The Bertz CT molecular complexity index is 859. The number of amides is 1. The molecule has 3 rings (SSSR count). The lowest BCUT2D eigenvalue weighted by atomic mass is 9.93. The molecule has 0 atom stereocenters. The quantitative estimate of drug-likeness (QED) is 0.703. The summed E-state index contributed by atoms with van der Waals surface area (Å²) in [5, 5.41) is 0. The van der Waals surface area contributed by atoms with Gasteiger partial charge in [0.1, 0.15) is 0 Å². The second kappa shape index (κ2) is 9.55. The molecule has 8 heteroatoms. The van der Waals surface area contributed by atoms with Crippen molar-refractivity contribution >= 4 is 5.91 Å². The highest BCUT2D eigenvalue weighted by Crippen LogP contribution is 2.32. The number of benzene rings is 1. The maximum absolute atomic E-state index is 13.0. The topological polar surface area (TPSA) is 49.3 Å². The first-order valence-electron chi connectivity index (χ1n) is 10.3. The van der Waals surface area contributed by atoms with E-state index < -0.39 is 11.7 Å². The summed E-state index contributed by atoms with van der Waals surface area (Å²) in [6, 6.07) is 5.16. The van der Waals surface area contributed by atoms with Gasteiger partial charge in [0, 0.05) is 30.8 Å². The first-order chi connectivity index (χ1) is 14.3. The van der Waals surface area contributed by atoms with Crippen molar-refractivity contribution < 1.29 is 18.0 Å². The molecule has 0 saturated carbocycles. The molecule has 2 aromatic rings. The smallest absolute Gasteiger partial charge is 0.342 e. The number of halogens is 3. The van der Waals surface area contributed by atoms with E-state index in [4.69, 9.17) is 0 Å². The van der Waals surface area contributed by atoms with Crippen LogP contribution in [-0.2, 0) is 11.0 Å². The average molecular weight is 420 g/mol. The summed E-state index contributed by atoms with van der Waals surface area (Å²) >= 11 is 0. The van der Waals surface area contributed by atoms with Gasteiger partial charge in [0.25, 0.3) is 0 Å². The number of hydrogen-bond donors (Lipinski definition) is 0. The van der Waals surface area contributed by atoms with Gasteiger partial charge in [-0.05, 0) is 51.9 Å². The number of likely N-dealkylation sites (N-methyl/N-ethyl adjacent to an activating group) is 1. The van der Waals surface area contributed by atoms with Crippen LogP contribution in [0, 0.1) is 0 Å². The number of aromatic nitrogens is 2. The van der Waals surface area contributed by atoms with Crippen molar-refractivity contribution in [1.82, 2.24) is 19.8 Å². The van der Waals surface area contributed by atoms with E-state index in [-0.39, 0.29) is 11.8 Å². The highest BCUT2D eigenvalue weighted by molar-refractivity contribution is 5.78. The van der Waals surface area contributed by atoms with Gasteiger partial charge in [0.05, 0.1) is 29.7 Å². The molecule has 1 fully saturated rings. The second-order valence-corrected chi connectivity index (χ2v) is 7.52. The Hall–Kier alpha value is -2.48. The molecule has 5 nitrogen and oxygen atoms in total. The summed E-state index contributed by atoms with van der Waals surface area (Å²) in [5.74, 6) is 0.327. The second-order valence-electron chi connectivity index (χ2n) is 7.52. The number of piperidine rings is 1. The van der Waals surface area contributed by atoms with Gasteiger partial charge in [0.15, 0.2) is 0 Å². The molecule has 0 spiro atoms. The van der Waals surface area contributed by atoms with Gasteiger partial charge in [-0.3, -0.25) is 14.7 Å². The van der Waals surface area contributed by atoms with Crippen LogP contribution in [0.1, 0.15) is 43.9 Å². The molecule has 2 heterocycles. The van der Waals surface area contributed by atoms with Gasteiger partial charge in [-0.15, -0.1) is 0 Å². The predicted octanol–water partition coefficient (Wildman–Crippen LogP) is 4.21. The summed E-state index contributed by atoms with van der Waals surface area (Å²) in [7, 11) is 0. The Labute approximate surface area is 174 Å². The summed E-state index contributed by atoms with van der Waals surface area (Å²) in [4.78, 5) is 25.1. The summed E-state index contributed by atoms with van der Waals surface area (Å²) in [6.07, 6.45) is 0.476. The first-order valence-corrected chi connectivity index (χ1v) is 10.3. The fraction of sp³-hybridized carbons (Fsp3) is 0.500. The number of hydrogen-bond acceptors (Lipinski definition) is 4. The molecule has 0 radical (unpaired) electrons. The van der Waals surface area contributed by atoms with Crippen LogP contribution in [0.5, 0.6) is 0 Å². The van der Waals surface area contributed by atoms with Crippen molar-refractivity contribution in [2.45, 2.75) is 38.8 Å². The molecule has 1 aliphatic rings. The number of nitrogens with zero attached hydrogens (tertiary/aromatic N) is 4. The van der Waals surface area contributed by atoms with Crippen LogP contribution in [0.2, 0.25) is 0 Å². The zero-order valence-corrected chi connectivity index (χ0v) is 17.3. The maximum atomic E-state index is 13.0. The van der Waals surface area contributed by atoms with Crippen molar-refractivity contribution in [2.75, 3.05) is 32.7 Å². The Balaban J connectivity index is 1.66. The molecular formula is C22H27F3N4O. The molecular weight excluding hydrogens is 393 g/mol. The number of carbonyl (C=O) groups is 1. The molecule has 162 valence electrons. The molecule has 0 N–H and O–H groups in total. The van der Waals surface area contributed by atoms with Gasteiger partial charge in [-0.2, -0.15) is 13.2 Å². The SMILES string of the molecule is CCN(CC)C(=O)CN1CCC(c2cncc(-c3cccc(C(F)(F)F)c3)n2)CC1. The molecule has 0 aliphatic carbocycles. The van der Waals surface area contributed by atoms with E-state index in [1.54, 1.807) is 12.3 Å². The lowest BCUT2D eigenvalue weighted by Crippen LogP contribution is -2.43. The lowest BCUT2D eigenvalue weighted by Gasteiger charge is -2.32. The normalized spacial score (nSPS) is 15.9. The fourth-order valence-corrected chi connectivity index (χ4v) is 3.83. The molecule has 1 saturated heterocycles. The van der Waals surface area contributed by atoms with Gasteiger partial charge in [0.2, 0.25) is 5.91 Å². The zero-order valence-electron chi connectivity index (χ0n) is 17.3. The van der Waals surface area contributed by atoms with Crippen molar-refractivity contribution in [2.24, 2.45) is 0 Å². The third kappa shape index (κ3) is 5.36. The fourth-order valence-electron chi connectivity index (χ4n) is 3.83. The van der Waals surface area contributed by atoms with Gasteiger partial charge < -0.3 is 4.90 Å². The number of likely N-dealkylation sites (tertiary alicyclic amines) is 1. The van der Waals surface area contributed by atoms with Crippen LogP contribution in [0.3, 0.4) is 0 Å². The van der Waals surface area contributed by atoms with Crippen LogP contribution in [-0.4, -0.2) is 58.4 Å². The molecule has 1 aromatic heterocycles. The Morgan fingerprint density at radius 2 is 1.87 bits per heavy atom. The third-order valence-electron chi connectivity index (χ3n) is 5.62. The molecule has 1 amide bonds. The van der Waals surface area contributed by atoms with E-state index >= 15 is 0 Å². The lowest BCUT2D eigenvalue weighted by molar-refractivity contribution is -0.137. The van der Waals surface area contributed by atoms with E-state index in [0.717, 1.165) is 43.8 Å². The van der Waals surface area contributed by atoms with E-state index in [2.05, 4.69) is 14.9 Å². The zero-order chi connectivity index (χ0) is 21.7. The average Bonchev–Trinajstić information content (AvgIpc) is 2.75. The molecule has 1 aromatic carbocycles. The summed E-state index contributed by atoms with van der Waals surface area (Å²) in [5.41, 5.74) is 0.942. The van der Waals surface area contributed by atoms with Crippen LogP contribution in [0.15, 0.2) is 36.7 Å². The standard InChI is InChI=1S/C22H27F3N4O/c1-3-29(4-2)21(30)15-28-10-8-16(9-11-28)19-13-26-14-20(27-19)17-6-5-7-18(12-17)22(23,24)25/h5-7,12-14,16H,3-4,8-11,15H2,1-2H3. The highest BCUT2D eigenvalue weighted by Gasteiger charge is 2.30. The predicted molar refractivity (Wildman–Crippen MR) is 109 cm³/mol. The minimum absolute atomic E-state index is 0.143. The van der Waals surface area contributed by atoms with Crippen LogP contribution < -0.4 is 0 Å². The molecule has 30 heavy (non-hydrogen) atoms. The van der Waals surface area contributed by atoms with E-state index in [1.165, 1.54) is 12.3 Å². The third-order valence-corrected chi connectivity index (χ3v) is 5.62. The van der Waals surface area contributed by atoms with Gasteiger partial charge >= 0.3 is 6.18 Å². The summed E-state index contributed by atoms with van der Waals surface area (Å²) in [6.45, 7) is 7.37. The van der Waals surface area contributed by atoms with Gasteiger partial charge in [-0.25, -0.2) is 4.98 Å². The van der Waals surface area contributed by atoms with E-state index in [1.807, 2.05) is 18.7 Å². The van der Waals surface area contributed by atoms with Gasteiger partial charge in [-0.1, -0.05) is 12.1 Å². The number of rotatable bonds is 6. The maximum Gasteiger partial charge on any atom is 0.416 e. The van der Waals surface area contributed by atoms with Crippen LogP contribution in [0.4, 0.5) is 13.2 Å². The van der Waals surface area contributed by atoms with E-state index in [0.29, 0.717) is 30.9 Å². The molecule has 1 aliphatic heterocycles. The minimum atomic E-state index is -4.39. The minimum Gasteiger partial charge on any atom is -0.342 e. The largest absolute Gasteiger partial charge is 0.416 e. The summed E-state index contributed by atoms with van der Waals surface area (Å²) < 4.78 is 39.0. The Morgan fingerprint density at radius 3 is 2.50 bits per heavy atom. The first kappa shape index (κ1) is 22.2. The van der Waals surface area contributed by atoms with Crippen LogP contribution >= 0.6 is 0 Å². The number of carbonyl (C=O) groups excluding carboxylic acids is 1. The van der Waals surface area contributed by atoms with Crippen molar-refractivity contribution in [3.8, 4) is 11.3 Å². The monoisotopic (exact) mass is 420 g/mol. The van der Waals surface area contributed by atoms with Crippen LogP contribution in [0.25, 0.3) is 11.3 Å². The number of alkyl halides is 3. The van der Waals surface area contributed by atoms with Crippen molar-refractivity contribution in [3.05, 3.63) is 47.9 Å². The van der Waals surface area contributed by atoms with Crippen molar-refractivity contribution in [3.63, 3.8) is 0 Å². The molecule has 0 bridgehead atoms. The van der Waals surface area contributed by atoms with Crippen molar-refractivity contribution in [1.29, 1.82) is 0 Å². The Kier molecular flexibility index (Phi) is 7.07. The highest BCUT2D eigenvalue weighted by atomic mass is 19.4. The van der Waals surface area contributed by atoms with E-state index in [9.17, 15) is 18.0 Å². The molecule has 0 unspecified atom stereocenters.